The predicted octanol–water partition coefficient (Wildman–Crippen LogP) is 5.35. The fourth-order valence-electron chi connectivity index (χ4n) is 5.90. The molecule has 2 bridgehead atoms. The molecular weight excluding hydrogens is 429 g/mol. The molecule has 2 fully saturated rings. The predicted molar refractivity (Wildman–Crippen MR) is 123 cm³/mol. The molecule has 33 heavy (non-hydrogen) atoms. The Morgan fingerprint density at radius 2 is 1.76 bits per heavy atom. The molecule has 3 heterocycles. The molecule has 178 valence electrons. The van der Waals surface area contributed by atoms with Gasteiger partial charge in [0.15, 0.2) is 0 Å². The highest BCUT2D eigenvalue weighted by Crippen LogP contribution is 2.52. The molecule has 5 rings (SSSR count). The molecule has 1 saturated heterocycles. The lowest BCUT2D eigenvalue weighted by molar-refractivity contribution is -0.137. The molecule has 0 amide bonds. The van der Waals surface area contributed by atoms with Crippen LogP contribution in [0.5, 0.6) is 0 Å². The van der Waals surface area contributed by atoms with Gasteiger partial charge in [-0.25, -0.2) is 4.98 Å². The van der Waals surface area contributed by atoms with Crippen LogP contribution in [0.4, 0.5) is 30.6 Å². The summed E-state index contributed by atoms with van der Waals surface area (Å²) in [5.74, 6) is 0.0119. The minimum absolute atomic E-state index is 0.0938. The molecule has 9 heteroatoms. The highest BCUT2D eigenvalue weighted by atomic mass is 19.4. The van der Waals surface area contributed by atoms with Crippen molar-refractivity contribution in [2.45, 2.75) is 68.9 Å². The van der Waals surface area contributed by atoms with Crippen LogP contribution in [-0.2, 0) is 6.18 Å². The highest BCUT2D eigenvalue weighted by molar-refractivity contribution is 5.60. The van der Waals surface area contributed by atoms with Crippen LogP contribution in [0.3, 0.4) is 0 Å². The quantitative estimate of drug-likeness (QED) is 0.628. The third kappa shape index (κ3) is 4.17. The van der Waals surface area contributed by atoms with Gasteiger partial charge in [0.05, 0.1) is 0 Å². The Hall–Kier alpha value is -2.39. The van der Waals surface area contributed by atoms with Crippen molar-refractivity contribution in [1.29, 1.82) is 0 Å². The maximum atomic E-state index is 13.7. The van der Waals surface area contributed by atoms with E-state index in [1.807, 2.05) is 20.2 Å². The number of nitrogens with one attached hydrogen (secondary N) is 2. The number of rotatable bonds is 5. The Kier molecular flexibility index (Phi) is 5.73. The molecule has 2 aliphatic heterocycles. The first kappa shape index (κ1) is 22.4. The zero-order chi connectivity index (χ0) is 23.3. The average molecular weight is 461 g/mol. The number of hydrogen-bond donors (Lipinski definition) is 2. The van der Waals surface area contributed by atoms with E-state index in [2.05, 4.69) is 49.6 Å². The first-order chi connectivity index (χ1) is 15.7. The van der Waals surface area contributed by atoms with Crippen LogP contribution in [0, 0.1) is 0 Å². The first-order valence-electron chi connectivity index (χ1n) is 11.7. The third-order valence-electron chi connectivity index (χ3n) is 7.57. The van der Waals surface area contributed by atoms with E-state index in [1.54, 1.807) is 0 Å². The van der Waals surface area contributed by atoms with Crippen molar-refractivity contribution in [3.63, 3.8) is 0 Å². The summed E-state index contributed by atoms with van der Waals surface area (Å²) >= 11 is 0. The Balaban J connectivity index is 1.42. The minimum Gasteiger partial charge on any atom is -0.365 e. The molecule has 1 aromatic heterocycles. The zero-order valence-electron chi connectivity index (χ0n) is 19.3. The van der Waals surface area contributed by atoms with Crippen molar-refractivity contribution in [1.82, 2.24) is 19.8 Å². The Morgan fingerprint density at radius 1 is 1.03 bits per heavy atom. The van der Waals surface area contributed by atoms with Crippen molar-refractivity contribution >= 4 is 17.5 Å². The van der Waals surface area contributed by atoms with Gasteiger partial charge in [-0.1, -0.05) is 18.9 Å². The molecule has 0 radical (unpaired) electrons. The molecule has 0 spiro atoms. The van der Waals surface area contributed by atoms with Gasteiger partial charge in [0, 0.05) is 36.1 Å². The summed E-state index contributed by atoms with van der Waals surface area (Å²) in [6.07, 6.45) is 2.50. The monoisotopic (exact) mass is 460 g/mol. The van der Waals surface area contributed by atoms with E-state index in [1.165, 1.54) is 17.5 Å². The van der Waals surface area contributed by atoms with Crippen molar-refractivity contribution in [3.05, 3.63) is 41.1 Å². The SMILES string of the molecule is CN1C2CCC1c1cc(Nc3ncc(C(F)(F)F)c(N[C@@H]4CCCC[C@H]4N(C)C)n3)ccc12. The summed E-state index contributed by atoms with van der Waals surface area (Å²) in [7, 11) is 6.10. The molecule has 4 atom stereocenters. The largest absolute Gasteiger partial charge is 0.421 e. The molecular formula is C24H31F3N6. The Bertz CT molecular complexity index is 1020. The summed E-state index contributed by atoms with van der Waals surface area (Å²) in [6, 6.07) is 7.12. The summed E-state index contributed by atoms with van der Waals surface area (Å²) < 4.78 is 41.2. The molecule has 2 N–H and O–H groups in total. The number of alkyl halides is 3. The summed E-state index contributed by atoms with van der Waals surface area (Å²) in [6.45, 7) is 0. The second kappa shape index (κ2) is 8.43. The number of nitrogens with zero attached hydrogens (tertiary/aromatic N) is 4. The van der Waals surface area contributed by atoms with Crippen LogP contribution in [-0.4, -0.2) is 53.0 Å². The molecule has 3 aliphatic rings. The van der Waals surface area contributed by atoms with Crippen molar-refractivity contribution < 1.29 is 13.2 Å². The summed E-state index contributed by atoms with van der Waals surface area (Å²) in [5.41, 5.74) is 2.61. The lowest BCUT2D eigenvalue weighted by atomic mass is 9.89. The molecule has 2 aromatic rings. The lowest BCUT2D eigenvalue weighted by Gasteiger charge is -2.37. The van der Waals surface area contributed by atoms with Gasteiger partial charge in [0.2, 0.25) is 5.95 Å². The van der Waals surface area contributed by atoms with Crippen molar-refractivity contribution in [2.75, 3.05) is 31.8 Å². The molecule has 1 saturated carbocycles. The van der Waals surface area contributed by atoms with Crippen molar-refractivity contribution in [2.24, 2.45) is 0 Å². The van der Waals surface area contributed by atoms with Crippen LogP contribution in [0.2, 0.25) is 0 Å². The molecule has 2 unspecified atom stereocenters. The fourth-order valence-corrected chi connectivity index (χ4v) is 5.90. The average Bonchev–Trinajstić information content (AvgIpc) is 3.26. The number of fused-ring (bicyclic) bond motifs is 5. The van der Waals surface area contributed by atoms with Gasteiger partial charge in [-0.3, -0.25) is 4.90 Å². The lowest BCUT2D eigenvalue weighted by Crippen LogP contribution is -2.45. The van der Waals surface area contributed by atoms with E-state index in [-0.39, 0.29) is 23.8 Å². The number of likely N-dealkylation sites (N-methyl/N-ethyl adjacent to an activating group) is 1. The van der Waals surface area contributed by atoms with Crippen LogP contribution in [0.25, 0.3) is 0 Å². The first-order valence-corrected chi connectivity index (χ1v) is 11.7. The second-order valence-corrected chi connectivity index (χ2v) is 9.76. The molecule has 1 aliphatic carbocycles. The van der Waals surface area contributed by atoms with E-state index in [4.69, 9.17) is 0 Å². The van der Waals surface area contributed by atoms with Gasteiger partial charge in [0.25, 0.3) is 0 Å². The Morgan fingerprint density at radius 3 is 2.48 bits per heavy atom. The van der Waals surface area contributed by atoms with Gasteiger partial charge >= 0.3 is 6.18 Å². The van der Waals surface area contributed by atoms with Crippen molar-refractivity contribution in [3.8, 4) is 0 Å². The van der Waals surface area contributed by atoms with Gasteiger partial charge in [-0.2, -0.15) is 18.2 Å². The van der Waals surface area contributed by atoms with E-state index in [0.717, 1.165) is 44.0 Å². The topological polar surface area (TPSA) is 56.3 Å². The summed E-state index contributed by atoms with van der Waals surface area (Å²) in [4.78, 5) is 12.8. The number of aromatic nitrogens is 2. The second-order valence-electron chi connectivity index (χ2n) is 9.76. The number of hydrogen-bond acceptors (Lipinski definition) is 6. The van der Waals surface area contributed by atoms with Crippen LogP contribution < -0.4 is 10.6 Å². The third-order valence-corrected chi connectivity index (χ3v) is 7.57. The van der Waals surface area contributed by atoms with Gasteiger partial charge in [-0.15, -0.1) is 0 Å². The summed E-state index contributed by atoms with van der Waals surface area (Å²) in [5, 5.41) is 6.26. The van der Waals surface area contributed by atoms with E-state index >= 15 is 0 Å². The van der Waals surface area contributed by atoms with Crippen LogP contribution in [0.15, 0.2) is 24.4 Å². The van der Waals surface area contributed by atoms with E-state index in [9.17, 15) is 13.2 Å². The number of benzene rings is 1. The number of halogens is 3. The molecule has 1 aromatic carbocycles. The van der Waals surface area contributed by atoms with Crippen LogP contribution in [0.1, 0.15) is 67.3 Å². The smallest absolute Gasteiger partial charge is 0.365 e. The zero-order valence-corrected chi connectivity index (χ0v) is 19.3. The minimum atomic E-state index is -4.53. The number of anilines is 3. The molecule has 6 nitrogen and oxygen atoms in total. The Labute approximate surface area is 192 Å². The fraction of sp³-hybridized carbons (Fsp3) is 0.583. The van der Waals surface area contributed by atoms with Crippen LogP contribution >= 0.6 is 0 Å². The normalized spacial score (nSPS) is 27.1. The van der Waals surface area contributed by atoms with E-state index < -0.39 is 11.7 Å². The van der Waals surface area contributed by atoms with E-state index in [0.29, 0.717) is 12.1 Å². The maximum absolute atomic E-state index is 13.7. The highest BCUT2D eigenvalue weighted by Gasteiger charge is 2.41. The standard InChI is InChI=1S/C24H31F3N6/c1-32(2)21-7-5-4-6-18(21)30-22-17(24(25,26)27)13-28-23(31-22)29-14-8-9-15-16(12-14)20-11-10-19(15)33(20)3/h8-9,12-13,18-21H,4-7,10-11H2,1-3H3,(H2,28,29,30,31)/t18-,19?,20?,21-/m1/s1. The van der Waals surface area contributed by atoms with Gasteiger partial charge in [-0.05, 0) is 70.1 Å². The maximum Gasteiger partial charge on any atom is 0.421 e. The van der Waals surface area contributed by atoms with Gasteiger partial charge in [0.1, 0.15) is 11.4 Å². The van der Waals surface area contributed by atoms with Gasteiger partial charge < -0.3 is 15.5 Å².